The van der Waals surface area contributed by atoms with E-state index in [1.54, 1.807) is 0 Å². The zero-order chi connectivity index (χ0) is 11.6. The summed E-state index contributed by atoms with van der Waals surface area (Å²) in [5.41, 5.74) is 3.96. The minimum Gasteiger partial charge on any atom is -0.366 e. The van der Waals surface area contributed by atoms with Crippen LogP contribution in [0, 0.1) is 10.1 Å². The molecule has 1 aromatic carbocycles. The van der Waals surface area contributed by atoms with Crippen LogP contribution < -0.4 is 10.7 Å². The van der Waals surface area contributed by atoms with E-state index < -0.39 is 27.3 Å². The fraction of sp³-hybridized carbons (Fsp3) is 0. The Morgan fingerprint density at radius 1 is 1.60 bits per heavy atom. The van der Waals surface area contributed by atoms with Crippen molar-refractivity contribution in [2.75, 3.05) is 0 Å². The highest BCUT2D eigenvalue weighted by atomic mass is 35.5. The highest BCUT2D eigenvalue weighted by molar-refractivity contribution is 6.34. The molecule has 8 heteroatoms. The van der Waals surface area contributed by atoms with Crippen LogP contribution in [0.1, 0.15) is 10.4 Å². The lowest BCUT2D eigenvalue weighted by atomic mass is 10.2. The van der Waals surface area contributed by atoms with Gasteiger partial charge in [-0.05, 0) is 6.07 Å². The van der Waals surface area contributed by atoms with Gasteiger partial charge < -0.3 is 5.73 Å². The monoisotopic (exact) mass is 234 g/mol. The molecule has 0 saturated heterocycles. The van der Waals surface area contributed by atoms with Crippen LogP contribution in [0.2, 0.25) is 5.02 Å². The van der Waals surface area contributed by atoms with Gasteiger partial charge in [0.05, 0.1) is 4.92 Å². The normalized spacial score (nSPS) is 9.73. The van der Waals surface area contributed by atoms with Crippen molar-refractivity contribution >= 4 is 23.2 Å². The fourth-order valence-corrected chi connectivity index (χ4v) is 1.12. The summed E-state index contributed by atoms with van der Waals surface area (Å²) in [6.07, 6.45) is 0. The summed E-state index contributed by atoms with van der Waals surface area (Å²) in [5, 5.41) is 9.92. The molecule has 1 rings (SSSR count). The molecule has 0 spiro atoms. The molecule has 0 aliphatic heterocycles. The molecule has 0 aliphatic rings. The van der Waals surface area contributed by atoms with E-state index in [0.29, 0.717) is 0 Å². The van der Waals surface area contributed by atoms with Crippen molar-refractivity contribution in [2.45, 2.75) is 0 Å². The fourth-order valence-electron chi connectivity index (χ4n) is 0.914. The van der Waals surface area contributed by atoms with Crippen molar-refractivity contribution in [3.05, 3.63) is 32.8 Å². The second-order valence-electron chi connectivity index (χ2n) is 2.51. The highest BCUT2D eigenvalue weighted by Gasteiger charge is 2.21. The van der Waals surface area contributed by atoms with E-state index in [0.717, 1.165) is 12.1 Å². The van der Waals surface area contributed by atoms with Crippen molar-refractivity contribution in [3.8, 4) is 5.75 Å². The second-order valence-corrected chi connectivity index (χ2v) is 2.88. The number of carbonyl (C=O) groups is 1. The third-order valence-corrected chi connectivity index (χ3v) is 1.96. The third-order valence-electron chi connectivity index (χ3n) is 1.58. The molecule has 0 aromatic heterocycles. The molecule has 6 nitrogen and oxygen atoms in total. The molecule has 0 aliphatic carbocycles. The summed E-state index contributed by atoms with van der Waals surface area (Å²) >= 11 is 5.42. The summed E-state index contributed by atoms with van der Waals surface area (Å²) in [6.45, 7) is 0. The van der Waals surface area contributed by atoms with Crippen LogP contribution in [-0.4, -0.2) is 10.8 Å². The van der Waals surface area contributed by atoms with Gasteiger partial charge in [-0.3, -0.25) is 19.9 Å². The van der Waals surface area contributed by atoms with E-state index in [2.05, 4.69) is 4.94 Å². The maximum atomic E-state index is 11.9. The van der Waals surface area contributed by atoms with Crippen LogP contribution >= 0.6 is 11.6 Å². The zero-order valence-electron chi connectivity index (χ0n) is 7.07. The maximum absolute atomic E-state index is 11.9. The van der Waals surface area contributed by atoms with Gasteiger partial charge in [-0.1, -0.05) is 11.6 Å². The number of primary amides is 1. The standard InChI is InChI=1S/C7H4ClFN2O4/c8-6-4(11(13)14)1-3(7(10)12)2-5(6)15-9/h1-2H,(H2,10,12). The topological polar surface area (TPSA) is 95.5 Å². The summed E-state index contributed by atoms with van der Waals surface area (Å²) in [6, 6.07) is 1.71. The largest absolute Gasteiger partial charge is 0.366 e. The molecular weight excluding hydrogens is 231 g/mol. The number of nitro groups is 1. The van der Waals surface area contributed by atoms with Crippen LogP contribution in [0.15, 0.2) is 12.1 Å². The molecule has 15 heavy (non-hydrogen) atoms. The smallest absolute Gasteiger partial charge is 0.292 e. The molecule has 0 bridgehead atoms. The zero-order valence-corrected chi connectivity index (χ0v) is 7.82. The van der Waals surface area contributed by atoms with Gasteiger partial charge in [0.25, 0.3) is 5.69 Å². The summed E-state index contributed by atoms with van der Waals surface area (Å²) in [4.78, 5) is 23.6. The number of hydrogen-bond acceptors (Lipinski definition) is 4. The molecule has 0 radical (unpaired) electrons. The van der Waals surface area contributed by atoms with Gasteiger partial charge in [-0.15, -0.1) is 0 Å². The molecule has 80 valence electrons. The third kappa shape index (κ3) is 2.13. The Balaban J connectivity index is 3.45. The average molecular weight is 235 g/mol. The first-order valence-corrected chi connectivity index (χ1v) is 3.91. The number of nitrogens with two attached hydrogens (primary N) is 1. The number of benzene rings is 1. The predicted octanol–water partition coefficient (Wildman–Crippen LogP) is 1.61. The van der Waals surface area contributed by atoms with Crippen molar-refractivity contribution in [3.63, 3.8) is 0 Å². The number of amides is 1. The molecular formula is C7H4ClFN2O4. The lowest BCUT2D eigenvalue weighted by Crippen LogP contribution is -2.11. The van der Waals surface area contributed by atoms with E-state index >= 15 is 0 Å². The number of halogens is 2. The summed E-state index contributed by atoms with van der Waals surface area (Å²) in [7, 11) is 0. The molecule has 0 saturated carbocycles. The predicted molar refractivity (Wildman–Crippen MR) is 48.4 cm³/mol. The molecule has 0 atom stereocenters. The van der Waals surface area contributed by atoms with Crippen LogP contribution in [0.3, 0.4) is 0 Å². The Hall–Kier alpha value is -1.89. The van der Waals surface area contributed by atoms with Gasteiger partial charge in [0.15, 0.2) is 10.8 Å². The molecule has 1 aromatic rings. The average Bonchev–Trinajstić information content (AvgIpc) is 2.17. The van der Waals surface area contributed by atoms with Crippen molar-refractivity contribution < 1.29 is 19.2 Å². The SMILES string of the molecule is NC(=O)c1cc(OF)c(Cl)c([N+](=O)[O-])c1. The van der Waals surface area contributed by atoms with E-state index in [-0.39, 0.29) is 5.56 Å². The minimum atomic E-state index is -0.951. The lowest BCUT2D eigenvalue weighted by molar-refractivity contribution is -0.384. The Morgan fingerprint density at radius 3 is 2.60 bits per heavy atom. The van der Waals surface area contributed by atoms with E-state index in [4.69, 9.17) is 17.3 Å². The first-order chi connectivity index (χ1) is 6.97. The van der Waals surface area contributed by atoms with Crippen molar-refractivity contribution in [1.29, 1.82) is 0 Å². The Morgan fingerprint density at radius 2 is 2.20 bits per heavy atom. The van der Waals surface area contributed by atoms with Gasteiger partial charge in [0, 0.05) is 16.2 Å². The first kappa shape index (κ1) is 11.2. The van der Waals surface area contributed by atoms with Gasteiger partial charge >= 0.3 is 0 Å². The van der Waals surface area contributed by atoms with Crippen LogP contribution in [0.5, 0.6) is 5.75 Å². The Labute approximate surface area is 87.4 Å². The number of rotatable bonds is 3. The summed E-state index contributed by atoms with van der Waals surface area (Å²) < 4.78 is 11.9. The summed E-state index contributed by atoms with van der Waals surface area (Å²) in [5.74, 6) is -1.58. The molecule has 0 fully saturated rings. The number of hydrogen-bond donors (Lipinski definition) is 1. The Kier molecular flexibility index (Phi) is 3.05. The van der Waals surface area contributed by atoms with E-state index in [1.807, 2.05) is 0 Å². The van der Waals surface area contributed by atoms with Crippen LogP contribution in [0.4, 0.5) is 10.2 Å². The van der Waals surface area contributed by atoms with Gasteiger partial charge in [-0.25, -0.2) is 0 Å². The minimum absolute atomic E-state index is 0.265. The van der Waals surface area contributed by atoms with Crippen molar-refractivity contribution in [1.82, 2.24) is 0 Å². The second kappa shape index (κ2) is 4.09. The molecule has 0 unspecified atom stereocenters. The lowest BCUT2D eigenvalue weighted by Gasteiger charge is -2.01. The number of nitrogens with zero attached hydrogens (tertiary/aromatic N) is 1. The van der Waals surface area contributed by atoms with Crippen LogP contribution in [-0.2, 0) is 0 Å². The van der Waals surface area contributed by atoms with Gasteiger partial charge in [0.2, 0.25) is 5.91 Å². The highest BCUT2D eigenvalue weighted by Crippen LogP contribution is 2.35. The number of nitro benzene ring substituents is 1. The Bertz CT molecular complexity index is 437. The molecule has 0 heterocycles. The quantitative estimate of drug-likeness (QED) is 0.635. The van der Waals surface area contributed by atoms with Crippen LogP contribution in [0.25, 0.3) is 0 Å². The van der Waals surface area contributed by atoms with Gasteiger partial charge in [0.1, 0.15) is 0 Å². The van der Waals surface area contributed by atoms with Gasteiger partial charge in [-0.2, -0.15) is 0 Å². The van der Waals surface area contributed by atoms with Crippen molar-refractivity contribution in [2.24, 2.45) is 5.73 Å². The van der Waals surface area contributed by atoms with E-state index in [9.17, 15) is 19.4 Å². The first-order valence-electron chi connectivity index (χ1n) is 3.53. The maximum Gasteiger partial charge on any atom is 0.292 e. The number of carbonyl (C=O) groups excluding carboxylic acids is 1. The molecule has 1 amide bonds. The van der Waals surface area contributed by atoms with E-state index in [1.165, 1.54) is 0 Å². The molecule has 2 N–H and O–H groups in total.